The van der Waals surface area contributed by atoms with Crippen molar-refractivity contribution < 1.29 is 9.59 Å². The van der Waals surface area contributed by atoms with Crippen LogP contribution in [-0.4, -0.2) is 65.3 Å². The minimum absolute atomic E-state index is 0. The lowest BCUT2D eigenvalue weighted by Gasteiger charge is -2.43. The summed E-state index contributed by atoms with van der Waals surface area (Å²) in [6.07, 6.45) is 0.713. The van der Waals surface area contributed by atoms with Gasteiger partial charge in [-0.1, -0.05) is 55.0 Å². The first-order valence-corrected chi connectivity index (χ1v) is 13.3. The van der Waals surface area contributed by atoms with Gasteiger partial charge in [0.15, 0.2) is 0 Å². The smallest absolute Gasteiger partial charge is 0.291 e. The molecule has 2 aliphatic rings. The third-order valence-electron chi connectivity index (χ3n) is 7.33. The van der Waals surface area contributed by atoms with Gasteiger partial charge in [0, 0.05) is 49.5 Å². The van der Waals surface area contributed by atoms with Gasteiger partial charge in [0.1, 0.15) is 0 Å². The molecule has 2 aromatic rings. The van der Waals surface area contributed by atoms with E-state index in [9.17, 15) is 9.59 Å². The van der Waals surface area contributed by atoms with Crippen molar-refractivity contribution in [3.05, 3.63) is 65.2 Å². The number of ketones is 1. The molecule has 1 unspecified atom stereocenters. The van der Waals surface area contributed by atoms with E-state index in [4.69, 9.17) is 0 Å². The molecule has 2 fully saturated rings. The van der Waals surface area contributed by atoms with Crippen molar-refractivity contribution in [2.45, 2.75) is 86.2 Å². The third kappa shape index (κ3) is 7.91. The fourth-order valence-electron chi connectivity index (χ4n) is 4.92. The fourth-order valence-corrected chi connectivity index (χ4v) is 4.92. The average Bonchev–Trinajstić information content (AvgIpc) is 2.81. The fraction of sp³-hybridized carbons (Fsp3) is 0.562. The molecule has 0 aliphatic carbocycles. The van der Waals surface area contributed by atoms with Gasteiger partial charge in [-0.05, 0) is 79.5 Å². The van der Waals surface area contributed by atoms with Gasteiger partial charge in [0.2, 0.25) is 5.78 Å². The van der Waals surface area contributed by atoms with Crippen molar-refractivity contribution in [2.75, 3.05) is 37.6 Å². The Morgan fingerprint density at radius 1 is 0.676 bits per heavy atom. The lowest BCUT2D eigenvalue weighted by atomic mass is 9.86. The van der Waals surface area contributed by atoms with Crippen LogP contribution < -0.4 is 4.90 Å². The molecular formula is C32H49N3O2. The van der Waals surface area contributed by atoms with Crippen LogP contribution in [0.25, 0.3) is 0 Å². The number of nitrogens with zero attached hydrogens (tertiary/aromatic N) is 3. The van der Waals surface area contributed by atoms with Crippen LogP contribution in [0.2, 0.25) is 0 Å². The van der Waals surface area contributed by atoms with Crippen LogP contribution in [0.4, 0.5) is 5.69 Å². The van der Waals surface area contributed by atoms with E-state index in [2.05, 4.69) is 61.8 Å². The van der Waals surface area contributed by atoms with Crippen LogP contribution in [0.1, 0.15) is 78.0 Å². The molecule has 2 aromatic carbocycles. The third-order valence-corrected chi connectivity index (χ3v) is 7.33. The molecule has 2 aliphatic heterocycles. The minimum Gasteiger partial charge on any atom is -0.369 e. The topological polar surface area (TPSA) is 43.9 Å². The van der Waals surface area contributed by atoms with Gasteiger partial charge in [0.25, 0.3) is 5.91 Å². The highest BCUT2D eigenvalue weighted by atomic mass is 16.2. The molecule has 2 heterocycles. The van der Waals surface area contributed by atoms with Gasteiger partial charge < -0.3 is 9.80 Å². The summed E-state index contributed by atoms with van der Waals surface area (Å²) in [5.41, 5.74) is 4.84. The highest BCUT2D eigenvalue weighted by Crippen LogP contribution is 2.29. The second kappa shape index (κ2) is 12.3. The van der Waals surface area contributed by atoms with Crippen molar-refractivity contribution in [1.82, 2.24) is 9.80 Å². The summed E-state index contributed by atoms with van der Waals surface area (Å²) in [5.74, 6) is -0.888. The van der Waals surface area contributed by atoms with Crippen LogP contribution in [0, 0.1) is 13.8 Å². The number of likely N-dealkylation sites (tertiary alicyclic amines) is 1. The Morgan fingerprint density at radius 2 is 1.16 bits per heavy atom. The SMILES string of the molecule is C.Cc1ccc(C2CCN(C(C)(C)C)C(=O)C2=O)cc1.Cc1ccc(N2CCN(C(C)(C)C)CC2)cc1. The maximum atomic E-state index is 12.3. The first-order valence-electron chi connectivity index (χ1n) is 13.3. The Labute approximate surface area is 225 Å². The number of aryl methyl sites for hydroxylation is 2. The largest absolute Gasteiger partial charge is 0.369 e. The summed E-state index contributed by atoms with van der Waals surface area (Å²) in [4.78, 5) is 31.2. The number of piperidine rings is 1. The second-order valence-electron chi connectivity index (χ2n) is 12.2. The molecule has 4 rings (SSSR count). The van der Waals surface area contributed by atoms with E-state index in [0.717, 1.165) is 37.3 Å². The molecule has 0 radical (unpaired) electrons. The van der Waals surface area contributed by atoms with Crippen molar-refractivity contribution in [1.29, 1.82) is 0 Å². The maximum absolute atomic E-state index is 12.3. The molecule has 5 heteroatoms. The van der Waals surface area contributed by atoms with E-state index in [1.165, 1.54) is 11.3 Å². The molecule has 0 N–H and O–H groups in total. The van der Waals surface area contributed by atoms with Crippen molar-refractivity contribution in [3.63, 3.8) is 0 Å². The molecule has 204 valence electrons. The van der Waals surface area contributed by atoms with E-state index >= 15 is 0 Å². The predicted octanol–water partition coefficient (Wildman–Crippen LogP) is 6.23. The molecule has 5 nitrogen and oxygen atoms in total. The number of rotatable bonds is 2. The highest BCUT2D eigenvalue weighted by molar-refractivity contribution is 6.38. The summed E-state index contributed by atoms with van der Waals surface area (Å²) in [6, 6.07) is 16.8. The number of piperazine rings is 1. The van der Waals surface area contributed by atoms with E-state index in [1.807, 2.05) is 52.0 Å². The van der Waals surface area contributed by atoms with E-state index in [1.54, 1.807) is 4.90 Å². The number of benzene rings is 2. The van der Waals surface area contributed by atoms with Gasteiger partial charge in [-0.25, -0.2) is 0 Å². The molecule has 1 atom stereocenters. The van der Waals surface area contributed by atoms with Gasteiger partial charge in [-0.3, -0.25) is 14.5 Å². The molecule has 0 spiro atoms. The number of anilines is 1. The number of hydrogen-bond donors (Lipinski definition) is 0. The summed E-state index contributed by atoms with van der Waals surface area (Å²) in [7, 11) is 0. The number of Topliss-reactive ketones (excluding diaryl/α,β-unsaturated/α-hetero) is 1. The van der Waals surface area contributed by atoms with Gasteiger partial charge in [-0.2, -0.15) is 0 Å². The second-order valence-corrected chi connectivity index (χ2v) is 12.2. The molecular weight excluding hydrogens is 458 g/mol. The molecule has 37 heavy (non-hydrogen) atoms. The lowest BCUT2D eigenvalue weighted by Crippen LogP contribution is -2.53. The first kappa shape index (κ1) is 30.6. The van der Waals surface area contributed by atoms with Crippen LogP contribution >= 0.6 is 0 Å². The Balaban J connectivity index is 0.000000255. The molecule has 0 bridgehead atoms. The molecule has 1 amide bonds. The molecule has 2 saturated heterocycles. The quantitative estimate of drug-likeness (QED) is 0.452. The van der Waals surface area contributed by atoms with Crippen LogP contribution in [0.5, 0.6) is 0 Å². The van der Waals surface area contributed by atoms with E-state index < -0.39 is 0 Å². The standard InChI is InChI=1S/C16H21NO2.C15H24N2.CH4/c1-11-5-7-12(8-6-11)13-9-10-17(16(2,3)4)15(19)14(13)18;1-13-5-7-14(8-6-13)16-9-11-17(12-10-16)15(2,3)4;/h5-8,13H,9-10H2,1-4H3;5-8H,9-12H2,1-4H3;1H4. The number of carbonyl (C=O) groups excluding carboxylic acids is 2. The summed E-state index contributed by atoms with van der Waals surface area (Å²) >= 11 is 0. The average molecular weight is 508 g/mol. The van der Waals surface area contributed by atoms with E-state index in [0.29, 0.717) is 18.5 Å². The zero-order valence-electron chi connectivity index (χ0n) is 23.6. The summed E-state index contributed by atoms with van der Waals surface area (Å²) in [6.45, 7) is 22.2. The zero-order valence-corrected chi connectivity index (χ0v) is 23.6. The Morgan fingerprint density at radius 3 is 1.62 bits per heavy atom. The van der Waals surface area contributed by atoms with Crippen LogP contribution in [-0.2, 0) is 9.59 Å². The monoisotopic (exact) mass is 507 g/mol. The van der Waals surface area contributed by atoms with Crippen molar-refractivity contribution in [3.8, 4) is 0 Å². The van der Waals surface area contributed by atoms with E-state index in [-0.39, 0.29) is 30.6 Å². The molecule has 0 aromatic heterocycles. The van der Waals surface area contributed by atoms with Crippen LogP contribution in [0.3, 0.4) is 0 Å². The number of hydrogen-bond acceptors (Lipinski definition) is 4. The lowest BCUT2D eigenvalue weighted by molar-refractivity contribution is -0.151. The number of amides is 1. The zero-order chi connectivity index (χ0) is 26.7. The number of carbonyl (C=O) groups is 2. The highest BCUT2D eigenvalue weighted by Gasteiger charge is 2.39. The van der Waals surface area contributed by atoms with Crippen molar-refractivity contribution >= 4 is 17.4 Å². The minimum atomic E-state index is -0.343. The van der Waals surface area contributed by atoms with Gasteiger partial charge >= 0.3 is 0 Å². The Kier molecular flexibility index (Phi) is 10.1. The van der Waals surface area contributed by atoms with Gasteiger partial charge in [0.05, 0.1) is 5.92 Å². The molecule has 0 saturated carbocycles. The van der Waals surface area contributed by atoms with Crippen molar-refractivity contribution in [2.24, 2.45) is 0 Å². The predicted molar refractivity (Wildman–Crippen MR) is 156 cm³/mol. The Hall–Kier alpha value is -2.66. The summed E-state index contributed by atoms with van der Waals surface area (Å²) in [5, 5.41) is 0. The normalized spacial score (nSPS) is 19.2. The maximum Gasteiger partial charge on any atom is 0.291 e. The first-order chi connectivity index (χ1) is 16.8. The Bertz CT molecular complexity index is 1020. The van der Waals surface area contributed by atoms with Gasteiger partial charge in [-0.15, -0.1) is 0 Å². The summed E-state index contributed by atoms with van der Waals surface area (Å²) < 4.78 is 0. The van der Waals surface area contributed by atoms with Crippen LogP contribution in [0.15, 0.2) is 48.5 Å².